The van der Waals surface area contributed by atoms with Crippen LogP contribution in [0.25, 0.3) is 0 Å². The number of carbonyl (C=O) groups excluding carboxylic acids is 2. The molecule has 122 valence electrons. The van der Waals surface area contributed by atoms with Crippen molar-refractivity contribution in [3.8, 4) is 0 Å². The van der Waals surface area contributed by atoms with Crippen LogP contribution in [0.4, 0.5) is 4.79 Å². The zero-order valence-corrected chi connectivity index (χ0v) is 13.8. The van der Waals surface area contributed by atoms with Crippen molar-refractivity contribution < 1.29 is 14.3 Å². The Kier molecular flexibility index (Phi) is 6.89. The highest BCUT2D eigenvalue weighted by Crippen LogP contribution is 2.15. The maximum atomic E-state index is 12.3. The molecular formula is C17H26N2O3. The van der Waals surface area contributed by atoms with Crippen LogP contribution >= 0.6 is 0 Å². The minimum atomic E-state index is -0.757. The summed E-state index contributed by atoms with van der Waals surface area (Å²) >= 11 is 0. The molecule has 0 radical (unpaired) electrons. The first-order valence-corrected chi connectivity index (χ1v) is 7.65. The number of amides is 2. The van der Waals surface area contributed by atoms with Gasteiger partial charge in [-0.15, -0.1) is 0 Å². The van der Waals surface area contributed by atoms with E-state index in [0.717, 1.165) is 18.4 Å². The van der Waals surface area contributed by atoms with Gasteiger partial charge in [-0.3, -0.25) is 4.79 Å². The van der Waals surface area contributed by atoms with E-state index in [1.54, 1.807) is 32.9 Å². The molecule has 0 bridgehead atoms. The van der Waals surface area contributed by atoms with Gasteiger partial charge in [0.2, 0.25) is 5.91 Å². The van der Waals surface area contributed by atoms with Gasteiger partial charge in [0, 0.05) is 6.54 Å². The van der Waals surface area contributed by atoms with Crippen molar-refractivity contribution >= 4 is 12.0 Å². The van der Waals surface area contributed by atoms with Crippen molar-refractivity contribution in [3.05, 3.63) is 35.9 Å². The van der Waals surface area contributed by atoms with Crippen LogP contribution in [0.5, 0.6) is 0 Å². The topological polar surface area (TPSA) is 67.4 Å². The molecule has 1 atom stereocenters. The number of alkyl carbamates (subject to hydrolysis) is 1. The van der Waals surface area contributed by atoms with Crippen LogP contribution in [0.15, 0.2) is 30.3 Å². The van der Waals surface area contributed by atoms with Crippen molar-refractivity contribution in [1.82, 2.24) is 10.6 Å². The molecular weight excluding hydrogens is 280 g/mol. The smallest absolute Gasteiger partial charge is 0.408 e. The lowest BCUT2D eigenvalue weighted by atomic mass is 10.1. The molecule has 2 N–H and O–H groups in total. The highest BCUT2D eigenvalue weighted by molar-refractivity contribution is 5.86. The Balaban J connectivity index is 2.79. The third-order valence-electron chi connectivity index (χ3n) is 2.89. The predicted octanol–water partition coefficient (Wildman–Crippen LogP) is 3.17. The summed E-state index contributed by atoms with van der Waals surface area (Å²) in [6.07, 6.45) is 1.29. The fourth-order valence-corrected chi connectivity index (χ4v) is 1.86. The van der Waals surface area contributed by atoms with E-state index < -0.39 is 17.7 Å². The molecule has 1 aromatic carbocycles. The summed E-state index contributed by atoms with van der Waals surface area (Å²) in [5.74, 6) is -0.231. The summed E-state index contributed by atoms with van der Waals surface area (Å²) in [6.45, 7) is 8.00. The molecule has 1 rings (SSSR count). The van der Waals surface area contributed by atoms with Crippen LogP contribution < -0.4 is 10.6 Å². The molecule has 5 nitrogen and oxygen atoms in total. The van der Waals surface area contributed by atoms with E-state index in [1.165, 1.54) is 0 Å². The average Bonchev–Trinajstić information content (AvgIpc) is 2.44. The molecule has 5 heteroatoms. The molecule has 22 heavy (non-hydrogen) atoms. The van der Waals surface area contributed by atoms with Crippen molar-refractivity contribution in [3.63, 3.8) is 0 Å². The number of carbonyl (C=O) groups is 2. The fourth-order valence-electron chi connectivity index (χ4n) is 1.86. The average molecular weight is 306 g/mol. The van der Waals surface area contributed by atoms with E-state index in [9.17, 15) is 9.59 Å². The quantitative estimate of drug-likeness (QED) is 0.793. The third kappa shape index (κ3) is 6.61. The highest BCUT2D eigenvalue weighted by atomic mass is 16.6. The standard InChI is InChI=1S/C17H26N2O3/c1-5-6-12-18-15(20)14(13-10-8-7-9-11-13)19-16(21)22-17(2,3)4/h7-11,14H,5-6,12H2,1-4H3,(H,18,20)(H,19,21). The van der Waals surface area contributed by atoms with Crippen LogP contribution in [0, 0.1) is 0 Å². The zero-order chi connectivity index (χ0) is 16.6. The van der Waals surface area contributed by atoms with E-state index in [0.29, 0.717) is 6.54 Å². The van der Waals surface area contributed by atoms with Crippen molar-refractivity contribution in [2.45, 2.75) is 52.2 Å². The van der Waals surface area contributed by atoms with E-state index in [4.69, 9.17) is 4.74 Å². The van der Waals surface area contributed by atoms with Gasteiger partial charge in [0.05, 0.1) is 0 Å². The van der Waals surface area contributed by atoms with Gasteiger partial charge in [0.15, 0.2) is 0 Å². The second-order valence-corrected chi connectivity index (χ2v) is 6.13. The fraction of sp³-hybridized carbons (Fsp3) is 0.529. The highest BCUT2D eigenvalue weighted by Gasteiger charge is 2.25. The van der Waals surface area contributed by atoms with Gasteiger partial charge in [0.25, 0.3) is 0 Å². The summed E-state index contributed by atoms with van der Waals surface area (Å²) in [5, 5.41) is 5.48. The Bertz CT molecular complexity index is 480. The third-order valence-corrected chi connectivity index (χ3v) is 2.89. The van der Waals surface area contributed by atoms with Gasteiger partial charge in [-0.25, -0.2) is 4.79 Å². The number of ether oxygens (including phenoxy) is 1. The van der Waals surface area contributed by atoms with Crippen molar-refractivity contribution in [2.24, 2.45) is 0 Å². The lowest BCUT2D eigenvalue weighted by molar-refractivity contribution is -0.123. The minimum absolute atomic E-state index is 0.231. The predicted molar refractivity (Wildman–Crippen MR) is 86.5 cm³/mol. The first kappa shape index (κ1) is 18.0. The van der Waals surface area contributed by atoms with Crippen molar-refractivity contribution in [2.75, 3.05) is 6.54 Å². The van der Waals surface area contributed by atoms with Gasteiger partial charge >= 0.3 is 6.09 Å². The molecule has 0 heterocycles. The Morgan fingerprint density at radius 3 is 2.36 bits per heavy atom. The minimum Gasteiger partial charge on any atom is -0.444 e. The summed E-state index contributed by atoms with van der Waals surface area (Å²) in [6, 6.07) is 8.39. The van der Waals surface area contributed by atoms with E-state index in [2.05, 4.69) is 17.6 Å². The number of hydrogen-bond donors (Lipinski definition) is 2. The summed E-state index contributed by atoms with van der Waals surface area (Å²) in [4.78, 5) is 24.3. The largest absolute Gasteiger partial charge is 0.444 e. The summed E-state index contributed by atoms with van der Waals surface area (Å²) < 4.78 is 5.24. The molecule has 0 aliphatic heterocycles. The first-order valence-electron chi connectivity index (χ1n) is 7.65. The summed E-state index contributed by atoms with van der Waals surface area (Å²) in [5.41, 5.74) is 0.117. The Labute approximate surface area is 132 Å². The Hall–Kier alpha value is -2.04. The molecule has 0 spiro atoms. The van der Waals surface area contributed by atoms with Gasteiger partial charge in [-0.1, -0.05) is 43.7 Å². The molecule has 0 fully saturated rings. The maximum Gasteiger partial charge on any atom is 0.408 e. The number of nitrogens with one attached hydrogen (secondary N) is 2. The zero-order valence-electron chi connectivity index (χ0n) is 13.8. The van der Waals surface area contributed by atoms with Crippen LogP contribution in [-0.2, 0) is 9.53 Å². The van der Waals surface area contributed by atoms with E-state index >= 15 is 0 Å². The molecule has 1 unspecified atom stereocenters. The number of rotatable bonds is 6. The maximum absolute atomic E-state index is 12.3. The normalized spacial score (nSPS) is 12.4. The first-order chi connectivity index (χ1) is 10.3. The van der Waals surface area contributed by atoms with Crippen LogP contribution in [0.1, 0.15) is 52.1 Å². The molecule has 0 saturated heterocycles. The molecule has 1 aromatic rings. The molecule has 0 saturated carbocycles. The summed E-state index contributed by atoms with van der Waals surface area (Å²) in [7, 11) is 0. The lowest BCUT2D eigenvalue weighted by Gasteiger charge is -2.23. The second kappa shape index (κ2) is 8.41. The Morgan fingerprint density at radius 2 is 1.82 bits per heavy atom. The van der Waals surface area contributed by atoms with Gasteiger partial charge < -0.3 is 15.4 Å². The van der Waals surface area contributed by atoms with E-state index in [-0.39, 0.29) is 5.91 Å². The molecule has 0 aliphatic carbocycles. The SMILES string of the molecule is CCCCNC(=O)C(NC(=O)OC(C)(C)C)c1ccccc1. The number of benzene rings is 1. The Morgan fingerprint density at radius 1 is 1.18 bits per heavy atom. The second-order valence-electron chi connectivity index (χ2n) is 6.13. The van der Waals surface area contributed by atoms with Gasteiger partial charge in [-0.2, -0.15) is 0 Å². The van der Waals surface area contributed by atoms with E-state index in [1.807, 2.05) is 18.2 Å². The molecule has 2 amide bonds. The van der Waals surface area contributed by atoms with Crippen LogP contribution in [0.3, 0.4) is 0 Å². The van der Waals surface area contributed by atoms with Crippen molar-refractivity contribution in [1.29, 1.82) is 0 Å². The molecule has 0 aliphatic rings. The van der Waals surface area contributed by atoms with Gasteiger partial charge in [-0.05, 0) is 32.8 Å². The molecule has 0 aromatic heterocycles. The monoisotopic (exact) mass is 306 g/mol. The number of unbranched alkanes of at least 4 members (excludes halogenated alkanes) is 1. The number of hydrogen-bond acceptors (Lipinski definition) is 3. The lowest BCUT2D eigenvalue weighted by Crippen LogP contribution is -2.42. The van der Waals surface area contributed by atoms with Gasteiger partial charge in [0.1, 0.15) is 11.6 Å². The van der Waals surface area contributed by atoms with Crippen LogP contribution in [-0.4, -0.2) is 24.1 Å². The van der Waals surface area contributed by atoms with Crippen LogP contribution in [0.2, 0.25) is 0 Å².